The lowest BCUT2D eigenvalue weighted by Crippen LogP contribution is -2.45. The summed E-state index contributed by atoms with van der Waals surface area (Å²) in [5.41, 5.74) is 2.37. The van der Waals surface area contributed by atoms with Gasteiger partial charge in [-0.3, -0.25) is 10.0 Å². The first kappa shape index (κ1) is 22.1. The molecule has 9 heteroatoms. The summed E-state index contributed by atoms with van der Waals surface area (Å²) < 4.78 is 47.0. The molecule has 30 heavy (non-hydrogen) atoms. The van der Waals surface area contributed by atoms with E-state index in [4.69, 9.17) is 9.94 Å². The molecule has 6 nitrogen and oxygen atoms in total. The van der Waals surface area contributed by atoms with Crippen molar-refractivity contribution in [3.8, 4) is 0 Å². The molecule has 1 aliphatic rings. The van der Waals surface area contributed by atoms with Gasteiger partial charge in [0.1, 0.15) is 0 Å². The van der Waals surface area contributed by atoms with E-state index >= 15 is 0 Å². The van der Waals surface area contributed by atoms with Crippen molar-refractivity contribution in [2.24, 2.45) is 0 Å². The molecule has 3 atom stereocenters. The lowest BCUT2D eigenvalue weighted by molar-refractivity contribution is -0.139. The van der Waals surface area contributed by atoms with E-state index in [1.54, 1.807) is 30.6 Å². The zero-order valence-corrected chi connectivity index (χ0v) is 16.6. The molecule has 3 rings (SSSR count). The number of ether oxygens (including phenoxy) is 1. The third-order valence-electron chi connectivity index (χ3n) is 5.06. The maximum Gasteiger partial charge on any atom is 0.416 e. The van der Waals surface area contributed by atoms with Gasteiger partial charge in [0.05, 0.1) is 23.8 Å². The number of alkyl halides is 3. The Bertz CT molecular complexity index is 887. The number of anilines is 1. The number of benzene rings is 2. The molecule has 1 heterocycles. The first-order chi connectivity index (χ1) is 14.2. The summed E-state index contributed by atoms with van der Waals surface area (Å²) in [6.07, 6.45) is -5.02. The van der Waals surface area contributed by atoms with Crippen LogP contribution in [0.15, 0.2) is 42.5 Å². The van der Waals surface area contributed by atoms with Gasteiger partial charge >= 0.3 is 6.18 Å². The van der Waals surface area contributed by atoms with Crippen LogP contribution >= 0.6 is 0 Å². The normalized spacial score (nSPS) is 21.9. The molecule has 0 saturated carbocycles. The first-order valence-electron chi connectivity index (χ1n) is 9.57. The van der Waals surface area contributed by atoms with Crippen molar-refractivity contribution in [3.63, 3.8) is 0 Å². The van der Waals surface area contributed by atoms with E-state index in [0.29, 0.717) is 12.2 Å². The Morgan fingerprint density at radius 3 is 2.50 bits per heavy atom. The third kappa shape index (κ3) is 4.92. The van der Waals surface area contributed by atoms with E-state index in [0.717, 1.165) is 11.6 Å². The molecule has 1 amide bonds. The zero-order chi connectivity index (χ0) is 21.9. The van der Waals surface area contributed by atoms with Crippen molar-refractivity contribution in [3.05, 3.63) is 64.7 Å². The van der Waals surface area contributed by atoms with Crippen LogP contribution in [0.1, 0.15) is 46.9 Å². The van der Waals surface area contributed by atoms with E-state index < -0.39 is 29.8 Å². The molecule has 4 N–H and O–H groups in total. The summed E-state index contributed by atoms with van der Waals surface area (Å²) in [6, 6.07) is 9.83. The van der Waals surface area contributed by atoms with Gasteiger partial charge in [0.2, 0.25) is 0 Å². The van der Waals surface area contributed by atoms with Crippen LogP contribution in [0.4, 0.5) is 18.9 Å². The predicted molar refractivity (Wildman–Crippen MR) is 105 cm³/mol. The zero-order valence-electron chi connectivity index (χ0n) is 16.6. The Labute approximate surface area is 172 Å². The minimum Gasteiger partial charge on any atom is -0.381 e. The number of carbonyl (C=O) groups is 1. The molecule has 0 aromatic heterocycles. The monoisotopic (exact) mass is 423 g/mol. The largest absolute Gasteiger partial charge is 0.416 e. The molecule has 0 bridgehead atoms. The molecule has 2 aromatic carbocycles. The molecule has 1 fully saturated rings. The minimum atomic E-state index is -4.50. The van der Waals surface area contributed by atoms with Crippen molar-refractivity contribution in [2.45, 2.75) is 44.8 Å². The van der Waals surface area contributed by atoms with Gasteiger partial charge < -0.3 is 15.4 Å². The Morgan fingerprint density at radius 2 is 1.90 bits per heavy atom. The Morgan fingerprint density at radius 1 is 1.20 bits per heavy atom. The van der Waals surface area contributed by atoms with Crippen molar-refractivity contribution < 1.29 is 27.9 Å². The number of hydroxylamine groups is 1. The number of halogens is 3. The number of hydrogen-bond donors (Lipinski definition) is 4. The summed E-state index contributed by atoms with van der Waals surface area (Å²) in [6.45, 7) is 4.34. The van der Waals surface area contributed by atoms with E-state index in [9.17, 15) is 18.0 Å². The Kier molecular flexibility index (Phi) is 6.64. The van der Waals surface area contributed by atoms with Gasteiger partial charge in [-0.2, -0.15) is 13.2 Å². The standard InChI is InChI=1S/C21H24F3N3O3/c1-12-10-26-19(13(2)30-12)18-16(21(22,23)24)4-3-5-17(18)25-11-14-6-8-15(9-7-14)20(28)27-29/h3-9,12-13,19,25-26,29H,10-11H2,1-2H3,(H,27,28). The average Bonchev–Trinajstić information content (AvgIpc) is 2.71. The molecular formula is C21H24F3N3O3. The van der Waals surface area contributed by atoms with Crippen molar-refractivity contribution in [1.82, 2.24) is 10.8 Å². The van der Waals surface area contributed by atoms with E-state index in [2.05, 4.69) is 10.6 Å². The lowest BCUT2D eigenvalue weighted by Gasteiger charge is -2.36. The van der Waals surface area contributed by atoms with Crippen LogP contribution in [0, 0.1) is 0 Å². The molecule has 1 aliphatic heterocycles. The van der Waals surface area contributed by atoms with Crippen LogP contribution in [0.2, 0.25) is 0 Å². The second-order valence-electron chi connectivity index (χ2n) is 7.29. The van der Waals surface area contributed by atoms with Crippen molar-refractivity contribution >= 4 is 11.6 Å². The van der Waals surface area contributed by atoms with Crippen LogP contribution in [-0.2, 0) is 17.5 Å². The molecule has 2 aromatic rings. The quantitative estimate of drug-likeness (QED) is 0.434. The maximum absolute atomic E-state index is 13.7. The molecule has 0 spiro atoms. The smallest absolute Gasteiger partial charge is 0.381 e. The van der Waals surface area contributed by atoms with Gasteiger partial charge in [-0.25, -0.2) is 5.48 Å². The molecular weight excluding hydrogens is 399 g/mol. The van der Waals surface area contributed by atoms with Crippen molar-refractivity contribution in [1.29, 1.82) is 0 Å². The summed E-state index contributed by atoms with van der Waals surface area (Å²) >= 11 is 0. The van der Waals surface area contributed by atoms with Gasteiger partial charge in [-0.1, -0.05) is 18.2 Å². The second kappa shape index (κ2) is 9.03. The molecule has 162 valence electrons. The predicted octanol–water partition coefficient (Wildman–Crippen LogP) is 3.87. The average molecular weight is 423 g/mol. The summed E-state index contributed by atoms with van der Waals surface area (Å²) in [7, 11) is 0. The number of amides is 1. The van der Waals surface area contributed by atoms with Gasteiger partial charge in [-0.05, 0) is 43.7 Å². The highest BCUT2D eigenvalue weighted by Crippen LogP contribution is 2.40. The van der Waals surface area contributed by atoms with Gasteiger partial charge in [0.15, 0.2) is 0 Å². The van der Waals surface area contributed by atoms with Gasteiger partial charge in [0, 0.05) is 29.9 Å². The number of rotatable bonds is 5. The molecule has 0 aliphatic carbocycles. The van der Waals surface area contributed by atoms with Crippen LogP contribution in [-0.4, -0.2) is 29.9 Å². The maximum atomic E-state index is 13.7. The van der Waals surface area contributed by atoms with Crippen molar-refractivity contribution in [2.75, 3.05) is 11.9 Å². The first-order valence-corrected chi connectivity index (χ1v) is 9.57. The number of hydrogen-bond acceptors (Lipinski definition) is 5. The summed E-state index contributed by atoms with van der Waals surface area (Å²) in [5, 5.41) is 14.9. The fraction of sp³-hybridized carbons (Fsp3) is 0.381. The van der Waals surface area contributed by atoms with E-state index in [1.807, 2.05) is 6.92 Å². The Balaban J connectivity index is 1.88. The SMILES string of the molecule is CC1CNC(c2c(NCc3ccc(C(=O)NO)cc3)cccc2C(F)(F)F)C(C)O1. The highest BCUT2D eigenvalue weighted by molar-refractivity contribution is 5.93. The minimum absolute atomic E-state index is 0.0830. The molecule has 0 radical (unpaired) electrons. The second-order valence-corrected chi connectivity index (χ2v) is 7.29. The Hall–Kier alpha value is -2.62. The van der Waals surface area contributed by atoms with Gasteiger partial charge in [0.25, 0.3) is 5.91 Å². The number of nitrogens with one attached hydrogen (secondary N) is 3. The lowest BCUT2D eigenvalue weighted by atomic mass is 9.93. The van der Waals surface area contributed by atoms with Crippen LogP contribution in [0.5, 0.6) is 0 Å². The third-order valence-corrected chi connectivity index (χ3v) is 5.06. The fourth-order valence-corrected chi connectivity index (χ4v) is 3.63. The molecule has 3 unspecified atom stereocenters. The van der Waals surface area contributed by atoms with Gasteiger partial charge in [-0.15, -0.1) is 0 Å². The molecule has 1 saturated heterocycles. The van der Waals surface area contributed by atoms with E-state index in [-0.39, 0.29) is 23.8 Å². The van der Waals surface area contributed by atoms with Crippen LogP contribution < -0.4 is 16.1 Å². The summed E-state index contributed by atoms with van der Waals surface area (Å²) in [4.78, 5) is 11.4. The topological polar surface area (TPSA) is 82.6 Å². The number of carbonyl (C=O) groups excluding carboxylic acids is 1. The number of morpholine rings is 1. The van der Waals surface area contributed by atoms with Crippen LogP contribution in [0.3, 0.4) is 0 Å². The van der Waals surface area contributed by atoms with Crippen LogP contribution in [0.25, 0.3) is 0 Å². The highest BCUT2D eigenvalue weighted by atomic mass is 19.4. The summed E-state index contributed by atoms with van der Waals surface area (Å²) in [5.74, 6) is -0.638. The highest BCUT2D eigenvalue weighted by Gasteiger charge is 2.39. The fourth-order valence-electron chi connectivity index (χ4n) is 3.63. The van der Waals surface area contributed by atoms with E-state index in [1.165, 1.54) is 18.2 Å².